The summed E-state index contributed by atoms with van der Waals surface area (Å²) in [6, 6.07) is 0. The molecule has 80 valence electrons. The van der Waals surface area contributed by atoms with Gasteiger partial charge in [0.05, 0.1) is 11.9 Å². The Labute approximate surface area is 114 Å². The topological polar surface area (TPSA) is 46.5 Å². The van der Waals surface area contributed by atoms with Crippen molar-refractivity contribution in [2.45, 2.75) is 58.0 Å². The largest absolute Gasteiger partial charge is 1.00 e. The number of rotatable bonds is 0. The van der Waals surface area contributed by atoms with Crippen molar-refractivity contribution in [2.24, 2.45) is 0 Å². The molecule has 0 amide bonds. The number of hydrogen-bond acceptors (Lipinski definition) is 3. The quantitative estimate of drug-likeness (QED) is 0.581. The van der Waals surface area contributed by atoms with Crippen molar-refractivity contribution in [3.63, 3.8) is 0 Å². The second-order valence-electron chi connectivity index (χ2n) is 4.77. The van der Waals surface area contributed by atoms with Crippen molar-refractivity contribution in [3.05, 3.63) is 5.21 Å². The van der Waals surface area contributed by atoms with Gasteiger partial charge in [-0.3, -0.25) is 4.66 Å². The van der Waals surface area contributed by atoms with Gasteiger partial charge in [0.2, 0.25) is 0 Å². The maximum Gasteiger partial charge on any atom is 1.00 e. The molecule has 1 rings (SSSR count). The van der Waals surface area contributed by atoms with Crippen LogP contribution in [0.1, 0.15) is 47.0 Å². The molecule has 1 heterocycles. The Morgan fingerprint density at radius 3 is 1.57 bits per heavy atom. The van der Waals surface area contributed by atoms with Crippen LogP contribution >= 0.6 is 11.9 Å². The fourth-order valence-electron chi connectivity index (χ4n) is 1.98. The molecule has 0 saturated carbocycles. The van der Waals surface area contributed by atoms with Crippen LogP contribution in [0.3, 0.4) is 0 Å². The second kappa shape index (κ2) is 6.69. The molecule has 0 atom stereocenters. The predicted molar refractivity (Wildman–Crippen MR) is 55.3 cm³/mol. The van der Waals surface area contributed by atoms with Gasteiger partial charge in [0.1, 0.15) is 0 Å². The minimum atomic E-state index is -0.151. The van der Waals surface area contributed by atoms with Crippen LogP contribution in [0, 0.1) is 5.21 Å². The zero-order valence-corrected chi connectivity index (χ0v) is 12.6. The molecule has 1 fully saturated rings. The van der Waals surface area contributed by atoms with E-state index in [4.69, 9.17) is 4.66 Å². The molecule has 1 saturated heterocycles. The summed E-state index contributed by atoms with van der Waals surface area (Å²) < 4.78 is 6.47. The Balaban J connectivity index is 0. The van der Waals surface area contributed by atoms with Crippen LogP contribution in [-0.4, -0.2) is 20.8 Å². The first-order valence-corrected chi connectivity index (χ1v) is 4.84. The molecule has 0 spiro atoms. The first-order chi connectivity index (χ1) is 5.86. The van der Waals surface area contributed by atoms with Crippen molar-refractivity contribution in [1.29, 1.82) is 0 Å². The minimum absolute atomic E-state index is 0. The van der Waals surface area contributed by atoms with Gasteiger partial charge in [-0.05, 0) is 47.0 Å². The first kappa shape index (κ1) is 17.6. The molecule has 0 aromatic rings. The molecular formula is C9H19ClNNaO2. The second-order valence-corrected chi connectivity index (χ2v) is 4.77. The van der Waals surface area contributed by atoms with E-state index in [0.29, 0.717) is 0 Å². The third kappa shape index (κ3) is 4.35. The molecule has 0 aliphatic carbocycles. The van der Waals surface area contributed by atoms with Gasteiger partial charge in [-0.2, -0.15) is 0 Å². The van der Waals surface area contributed by atoms with Crippen molar-refractivity contribution in [2.75, 3.05) is 0 Å². The summed E-state index contributed by atoms with van der Waals surface area (Å²) in [6.07, 6.45) is 3.23. The van der Waals surface area contributed by atoms with Gasteiger partial charge in [0.15, 0.2) is 0 Å². The van der Waals surface area contributed by atoms with Crippen LogP contribution in [-0.2, 0) is 0 Å². The summed E-state index contributed by atoms with van der Waals surface area (Å²) >= 11 is 3.64. The van der Waals surface area contributed by atoms with Gasteiger partial charge in [0, 0.05) is 11.1 Å². The number of hydrogen-bond donors (Lipinski definition) is 1. The van der Waals surface area contributed by atoms with Crippen molar-refractivity contribution >= 4 is 11.9 Å². The van der Waals surface area contributed by atoms with E-state index in [1.165, 1.54) is 11.5 Å². The van der Waals surface area contributed by atoms with Crippen LogP contribution in [0.2, 0.25) is 0 Å². The molecule has 1 aliphatic rings. The van der Waals surface area contributed by atoms with Gasteiger partial charge in [-0.15, -0.1) is 0 Å². The van der Waals surface area contributed by atoms with Gasteiger partial charge in [-0.25, -0.2) is 0 Å². The summed E-state index contributed by atoms with van der Waals surface area (Å²) in [5, 5.41) is 13.0. The number of piperidine rings is 1. The molecule has 5 heteroatoms. The van der Waals surface area contributed by atoms with Gasteiger partial charge >= 0.3 is 29.6 Å². The molecular weight excluding hydrogens is 213 g/mol. The summed E-state index contributed by atoms with van der Waals surface area (Å²) in [7, 11) is 0. The van der Waals surface area contributed by atoms with Crippen LogP contribution in [0.15, 0.2) is 0 Å². The van der Waals surface area contributed by atoms with Gasteiger partial charge < -0.3 is 10.3 Å². The number of hydroxylamine groups is 2. The van der Waals surface area contributed by atoms with Crippen molar-refractivity contribution in [3.8, 4) is 0 Å². The maximum absolute atomic E-state index is 11.7. The van der Waals surface area contributed by atoms with E-state index in [1.54, 1.807) is 0 Å². The zero-order chi connectivity index (χ0) is 10.7. The molecule has 0 aromatic heterocycles. The van der Waals surface area contributed by atoms with Crippen LogP contribution < -0.4 is 29.6 Å². The summed E-state index contributed by atoms with van der Waals surface area (Å²) in [5.74, 6) is 0. The van der Waals surface area contributed by atoms with E-state index >= 15 is 0 Å². The first-order valence-electron chi connectivity index (χ1n) is 4.51. The number of nitrogens with zero attached hydrogens (tertiary/aromatic N) is 1. The molecule has 1 N–H and O–H groups in total. The molecule has 0 aromatic carbocycles. The molecule has 0 bridgehead atoms. The Hall–Kier alpha value is 1.17. The van der Waals surface area contributed by atoms with Crippen molar-refractivity contribution in [1.82, 2.24) is 5.06 Å². The third-order valence-corrected chi connectivity index (χ3v) is 2.68. The monoisotopic (exact) mass is 231 g/mol. The standard InChI is InChI=1S/C9H18NO.ClHO.Na/c1-8(2)6-5-7-9(3,4)10(8)11;1-2;/h5-7H2,1-4H3;2H;/q-1;;+1. The molecule has 14 heavy (non-hydrogen) atoms. The van der Waals surface area contributed by atoms with Crippen LogP contribution in [0.5, 0.6) is 0 Å². The van der Waals surface area contributed by atoms with Gasteiger partial charge in [-0.1, -0.05) is 0 Å². The van der Waals surface area contributed by atoms with Crippen molar-refractivity contribution < 1.29 is 34.2 Å². The fourth-order valence-corrected chi connectivity index (χ4v) is 1.98. The maximum atomic E-state index is 11.7. The normalized spacial score (nSPS) is 24.2. The van der Waals surface area contributed by atoms with E-state index in [-0.39, 0.29) is 40.6 Å². The summed E-state index contributed by atoms with van der Waals surface area (Å²) in [5.41, 5.74) is -0.302. The zero-order valence-electron chi connectivity index (χ0n) is 9.80. The van der Waals surface area contributed by atoms with E-state index in [0.717, 1.165) is 12.8 Å². The van der Waals surface area contributed by atoms with Gasteiger partial charge in [0.25, 0.3) is 0 Å². The summed E-state index contributed by atoms with van der Waals surface area (Å²) in [4.78, 5) is 0. The Kier molecular flexibility index (Phi) is 8.39. The molecule has 3 nitrogen and oxygen atoms in total. The SMILES string of the molecule is CC1(C)CCCC(C)(C)N1[O-].OCl.[Na+]. The smallest absolute Gasteiger partial charge is 0.784 e. The fraction of sp³-hybridized carbons (Fsp3) is 1.00. The molecule has 0 radical (unpaired) electrons. The molecule has 1 aliphatic heterocycles. The Morgan fingerprint density at radius 1 is 1.07 bits per heavy atom. The predicted octanol–water partition coefficient (Wildman–Crippen LogP) is -0.336. The minimum Gasteiger partial charge on any atom is -0.784 e. The average Bonchev–Trinajstić information content (AvgIpc) is 2.04. The van der Waals surface area contributed by atoms with E-state index in [9.17, 15) is 5.21 Å². The number of halogens is 1. The van der Waals surface area contributed by atoms with E-state index in [1.807, 2.05) is 27.7 Å². The Bertz CT molecular complexity index is 149. The third-order valence-electron chi connectivity index (χ3n) is 2.68. The van der Waals surface area contributed by atoms with E-state index < -0.39 is 0 Å². The molecule has 0 unspecified atom stereocenters. The van der Waals surface area contributed by atoms with E-state index in [2.05, 4.69) is 11.9 Å². The van der Waals surface area contributed by atoms with Crippen LogP contribution in [0.4, 0.5) is 0 Å². The average molecular weight is 232 g/mol. The van der Waals surface area contributed by atoms with Crippen LogP contribution in [0.25, 0.3) is 0 Å². The Morgan fingerprint density at radius 2 is 1.36 bits per heavy atom. The summed E-state index contributed by atoms with van der Waals surface area (Å²) in [6.45, 7) is 8.11.